The van der Waals surface area contributed by atoms with Crippen LogP contribution in [0.2, 0.25) is 0 Å². The van der Waals surface area contributed by atoms with Crippen LogP contribution in [0, 0.1) is 11.3 Å². The summed E-state index contributed by atoms with van der Waals surface area (Å²) in [5.74, 6) is 0.905. The van der Waals surface area contributed by atoms with E-state index in [0.29, 0.717) is 22.0 Å². The molecule has 1 heterocycles. The van der Waals surface area contributed by atoms with Crippen LogP contribution in [0.25, 0.3) is 0 Å². The second-order valence-corrected chi connectivity index (χ2v) is 10.8. The van der Waals surface area contributed by atoms with Crippen molar-refractivity contribution in [2.24, 2.45) is 11.3 Å². The summed E-state index contributed by atoms with van der Waals surface area (Å²) in [4.78, 5) is 3.09. The summed E-state index contributed by atoms with van der Waals surface area (Å²) < 4.78 is 0. The Kier molecular flexibility index (Phi) is 3.99. The molecule has 0 aromatic heterocycles. The Hall–Kier alpha value is -0.0400. The molecule has 2 aliphatic carbocycles. The minimum atomic E-state index is 0.317. The fourth-order valence-electron chi connectivity index (χ4n) is 6.63. The summed E-state index contributed by atoms with van der Waals surface area (Å²) in [5.41, 5.74) is 1.81. The molecule has 0 unspecified atom stereocenters. The molecule has 0 amide bonds. The summed E-state index contributed by atoms with van der Waals surface area (Å²) in [5, 5.41) is 0. The molecule has 3 aliphatic rings. The van der Waals surface area contributed by atoms with Gasteiger partial charge in [0.15, 0.2) is 0 Å². The van der Waals surface area contributed by atoms with Crippen LogP contribution in [-0.4, -0.2) is 21.5 Å². The Bertz CT molecular complexity index is 371. The molecule has 0 N–H and O–H groups in total. The Morgan fingerprint density at radius 2 is 1.05 bits per heavy atom. The molecule has 0 bridgehead atoms. The maximum absolute atomic E-state index is 3.09. The average molecular weight is 306 g/mol. The highest BCUT2D eigenvalue weighted by Gasteiger charge is 2.59. The molecule has 1 nitrogen and oxygen atoms in total. The molecule has 0 aromatic rings. The van der Waals surface area contributed by atoms with Crippen LogP contribution in [0.3, 0.4) is 0 Å². The van der Waals surface area contributed by atoms with Crippen molar-refractivity contribution in [1.82, 2.24) is 4.90 Å². The number of rotatable bonds is 0. The first-order valence-corrected chi connectivity index (χ1v) is 9.90. The molecule has 2 spiro atoms. The Balaban J connectivity index is 2.05. The molecule has 0 atom stereocenters. The van der Waals surface area contributed by atoms with Gasteiger partial charge in [-0.25, -0.2) is 0 Å². The zero-order valence-corrected chi connectivity index (χ0v) is 16.1. The molecule has 1 aliphatic heterocycles. The van der Waals surface area contributed by atoms with E-state index in [4.69, 9.17) is 0 Å². The summed E-state index contributed by atoms with van der Waals surface area (Å²) in [7, 11) is 0. The lowest BCUT2D eigenvalue weighted by Crippen LogP contribution is -2.70. The Morgan fingerprint density at radius 3 is 1.32 bits per heavy atom. The van der Waals surface area contributed by atoms with E-state index < -0.39 is 0 Å². The van der Waals surface area contributed by atoms with Crippen LogP contribution in [-0.2, 0) is 0 Å². The van der Waals surface area contributed by atoms with Crippen molar-refractivity contribution in [3.05, 3.63) is 0 Å². The molecular weight excluding hydrogens is 266 g/mol. The fourth-order valence-corrected chi connectivity index (χ4v) is 6.63. The largest absolute Gasteiger partial charge is 0.287 e. The van der Waals surface area contributed by atoms with E-state index in [1.165, 1.54) is 64.2 Å². The van der Waals surface area contributed by atoms with Gasteiger partial charge in [-0.3, -0.25) is 4.90 Å². The van der Waals surface area contributed by atoms with E-state index in [9.17, 15) is 0 Å². The molecule has 3 fully saturated rings. The maximum atomic E-state index is 3.09. The van der Waals surface area contributed by atoms with Gasteiger partial charge < -0.3 is 0 Å². The quantitative estimate of drug-likeness (QED) is 0.517. The van der Waals surface area contributed by atoms with Gasteiger partial charge >= 0.3 is 0 Å². The third kappa shape index (κ3) is 2.66. The second kappa shape index (κ2) is 5.23. The summed E-state index contributed by atoms with van der Waals surface area (Å²) >= 11 is 0. The van der Waals surface area contributed by atoms with Gasteiger partial charge in [-0.15, -0.1) is 0 Å². The van der Waals surface area contributed by atoms with Gasteiger partial charge in [-0.1, -0.05) is 46.5 Å². The average Bonchev–Trinajstić information content (AvgIpc) is 2.97. The van der Waals surface area contributed by atoms with E-state index in [2.05, 4.69) is 46.4 Å². The number of nitrogens with zero attached hydrogens (tertiary/aromatic N) is 1. The first-order chi connectivity index (χ1) is 10.1. The predicted octanol–water partition coefficient (Wildman–Crippen LogP) is 6.17. The standard InChI is InChI=1S/C21H39N/c1-18(2,3)17-15-20(11-7-8-12-20)22(19(4,5)6)21(16-17)13-9-10-14-21/h17H,7-16H2,1-6H3. The van der Waals surface area contributed by atoms with Crippen molar-refractivity contribution in [2.75, 3.05) is 0 Å². The molecule has 1 heteroatoms. The number of likely N-dealkylation sites (tertiary alicyclic amines) is 1. The lowest BCUT2D eigenvalue weighted by atomic mass is 9.60. The minimum absolute atomic E-state index is 0.317. The van der Waals surface area contributed by atoms with E-state index in [1.54, 1.807) is 0 Å². The van der Waals surface area contributed by atoms with Crippen molar-refractivity contribution >= 4 is 0 Å². The Morgan fingerprint density at radius 1 is 0.682 bits per heavy atom. The third-order valence-electron chi connectivity index (χ3n) is 7.17. The smallest absolute Gasteiger partial charge is 0.0223 e. The lowest BCUT2D eigenvalue weighted by Gasteiger charge is -2.65. The van der Waals surface area contributed by atoms with Gasteiger partial charge in [0.05, 0.1) is 0 Å². The highest BCUT2D eigenvalue weighted by Crippen LogP contribution is 2.59. The highest BCUT2D eigenvalue weighted by atomic mass is 15.3. The van der Waals surface area contributed by atoms with Gasteiger partial charge in [0, 0.05) is 16.6 Å². The van der Waals surface area contributed by atoms with E-state index in [0.717, 1.165) is 5.92 Å². The van der Waals surface area contributed by atoms with Crippen molar-refractivity contribution < 1.29 is 0 Å². The van der Waals surface area contributed by atoms with Crippen LogP contribution in [0.1, 0.15) is 106 Å². The topological polar surface area (TPSA) is 3.24 Å². The van der Waals surface area contributed by atoms with E-state index in [1.807, 2.05) is 0 Å². The lowest BCUT2D eigenvalue weighted by molar-refractivity contribution is -0.147. The summed E-state index contributed by atoms with van der Waals surface area (Å²) in [6.07, 6.45) is 14.6. The van der Waals surface area contributed by atoms with Crippen molar-refractivity contribution in [3.63, 3.8) is 0 Å². The van der Waals surface area contributed by atoms with Gasteiger partial charge in [0.2, 0.25) is 0 Å². The van der Waals surface area contributed by atoms with Gasteiger partial charge in [-0.2, -0.15) is 0 Å². The molecule has 22 heavy (non-hydrogen) atoms. The van der Waals surface area contributed by atoms with Crippen molar-refractivity contribution in [3.8, 4) is 0 Å². The van der Waals surface area contributed by atoms with E-state index >= 15 is 0 Å². The first kappa shape index (κ1) is 16.8. The third-order valence-corrected chi connectivity index (χ3v) is 7.17. The fraction of sp³-hybridized carbons (Fsp3) is 1.00. The van der Waals surface area contributed by atoms with Crippen LogP contribution < -0.4 is 0 Å². The molecule has 3 rings (SSSR count). The molecule has 128 valence electrons. The minimum Gasteiger partial charge on any atom is -0.287 e. The first-order valence-electron chi connectivity index (χ1n) is 9.90. The molecule has 1 saturated heterocycles. The van der Waals surface area contributed by atoms with Crippen molar-refractivity contribution in [2.45, 2.75) is 122 Å². The summed E-state index contributed by atoms with van der Waals surface area (Å²) in [6, 6.07) is 0. The monoisotopic (exact) mass is 305 g/mol. The molecule has 0 aromatic carbocycles. The van der Waals surface area contributed by atoms with Gasteiger partial charge in [-0.05, 0) is 70.6 Å². The molecular formula is C21H39N. The number of hydrogen-bond acceptors (Lipinski definition) is 1. The van der Waals surface area contributed by atoms with Crippen molar-refractivity contribution in [1.29, 1.82) is 0 Å². The highest BCUT2D eigenvalue weighted by molar-refractivity contribution is 5.14. The number of hydrogen-bond donors (Lipinski definition) is 0. The number of piperidine rings is 1. The maximum Gasteiger partial charge on any atom is 0.0223 e. The van der Waals surface area contributed by atoms with Gasteiger partial charge in [0.25, 0.3) is 0 Å². The van der Waals surface area contributed by atoms with Crippen LogP contribution in [0.15, 0.2) is 0 Å². The summed E-state index contributed by atoms with van der Waals surface area (Å²) in [6.45, 7) is 15.0. The van der Waals surface area contributed by atoms with Gasteiger partial charge in [0.1, 0.15) is 0 Å². The second-order valence-electron chi connectivity index (χ2n) is 10.8. The zero-order chi connectivity index (χ0) is 16.2. The molecule has 2 saturated carbocycles. The molecule has 0 radical (unpaired) electrons. The van der Waals surface area contributed by atoms with E-state index in [-0.39, 0.29) is 0 Å². The normalized spacial score (nSPS) is 32.2. The predicted molar refractivity (Wildman–Crippen MR) is 96.2 cm³/mol. The van der Waals surface area contributed by atoms with Crippen LogP contribution in [0.5, 0.6) is 0 Å². The zero-order valence-electron chi connectivity index (χ0n) is 16.1. The Labute approximate surface area is 139 Å². The van der Waals surface area contributed by atoms with Crippen LogP contribution >= 0.6 is 0 Å². The SMILES string of the molecule is CC(C)(C)C1CC2(CCCC2)N(C(C)(C)C)C2(CCCC2)C1. The van der Waals surface area contributed by atoms with Crippen LogP contribution in [0.4, 0.5) is 0 Å².